The number of hydrogen-bond acceptors (Lipinski definition) is 6. The van der Waals surface area contributed by atoms with Gasteiger partial charge in [-0.05, 0) is 31.2 Å². The van der Waals surface area contributed by atoms with Gasteiger partial charge in [-0.2, -0.15) is 15.2 Å². The van der Waals surface area contributed by atoms with Crippen LogP contribution in [0.15, 0.2) is 59.4 Å². The monoisotopic (exact) mass is 384 g/mol. The highest BCUT2D eigenvalue weighted by Crippen LogP contribution is 2.26. The van der Waals surface area contributed by atoms with Crippen LogP contribution in [0.5, 0.6) is 0 Å². The number of nitriles is 2. The third-order valence-electron chi connectivity index (χ3n) is 4.21. The zero-order chi connectivity index (χ0) is 21.0. The first-order valence-electron chi connectivity index (χ1n) is 8.55. The summed E-state index contributed by atoms with van der Waals surface area (Å²) in [4.78, 5) is 25.3. The molecule has 0 bridgehead atoms. The number of aryl methyl sites for hydroxylation is 1. The molecule has 3 aromatic rings. The third-order valence-corrected chi connectivity index (χ3v) is 4.21. The van der Waals surface area contributed by atoms with Crippen molar-refractivity contribution < 1.29 is 4.79 Å². The number of aromatic nitrogens is 1. The average molecular weight is 384 g/mol. The van der Waals surface area contributed by atoms with Crippen LogP contribution in [0, 0.1) is 29.6 Å². The predicted molar refractivity (Wildman–Crippen MR) is 109 cm³/mol. The number of anilines is 3. The molecule has 1 amide bonds. The number of amides is 1. The smallest absolute Gasteiger partial charge is 0.291 e. The first kappa shape index (κ1) is 19.2. The van der Waals surface area contributed by atoms with Crippen molar-refractivity contribution in [3.05, 3.63) is 87.2 Å². The summed E-state index contributed by atoms with van der Waals surface area (Å²) in [6, 6.07) is 19.1. The van der Waals surface area contributed by atoms with E-state index in [-0.39, 0.29) is 22.6 Å². The normalized spacial score (nSPS) is 9.90. The fraction of sp³-hybridized carbons (Fsp3) is 0.0476. The number of benzene rings is 2. The Balaban J connectivity index is 2.09. The van der Waals surface area contributed by atoms with Crippen molar-refractivity contribution in [1.82, 2.24) is 4.68 Å². The van der Waals surface area contributed by atoms with E-state index in [0.717, 1.165) is 10.2 Å². The second kappa shape index (κ2) is 7.99. The molecule has 4 N–H and O–H groups in total. The Morgan fingerprint density at radius 2 is 1.62 bits per heavy atom. The molecule has 0 atom stereocenters. The Morgan fingerprint density at radius 1 is 1.00 bits per heavy atom. The van der Waals surface area contributed by atoms with E-state index >= 15 is 0 Å². The van der Waals surface area contributed by atoms with Crippen LogP contribution in [-0.4, -0.2) is 10.6 Å². The molecule has 0 fully saturated rings. The number of nitrogens with zero attached hydrogens (tertiary/aromatic N) is 3. The summed E-state index contributed by atoms with van der Waals surface area (Å²) in [7, 11) is 0. The van der Waals surface area contributed by atoms with E-state index in [4.69, 9.17) is 5.73 Å². The number of carbonyl (C=O) groups is 1. The van der Waals surface area contributed by atoms with Crippen LogP contribution >= 0.6 is 0 Å². The molecule has 3 rings (SSSR count). The van der Waals surface area contributed by atoms with E-state index in [9.17, 15) is 20.1 Å². The maximum absolute atomic E-state index is 12.8. The maximum atomic E-state index is 12.8. The van der Waals surface area contributed by atoms with Gasteiger partial charge >= 0.3 is 0 Å². The zero-order valence-corrected chi connectivity index (χ0v) is 15.4. The van der Waals surface area contributed by atoms with Crippen molar-refractivity contribution in [2.24, 2.45) is 0 Å². The van der Waals surface area contributed by atoms with E-state index in [1.807, 2.05) is 13.0 Å². The summed E-state index contributed by atoms with van der Waals surface area (Å²) in [6.07, 6.45) is 0. The predicted octanol–water partition coefficient (Wildman–Crippen LogP) is 2.61. The molecule has 2 aromatic carbocycles. The largest absolute Gasteiger partial charge is 0.382 e. The third kappa shape index (κ3) is 3.77. The van der Waals surface area contributed by atoms with Crippen molar-refractivity contribution >= 4 is 23.1 Å². The first-order valence-corrected chi connectivity index (χ1v) is 8.55. The molecular formula is C21H16N6O2. The molecule has 0 saturated carbocycles. The zero-order valence-electron chi connectivity index (χ0n) is 15.4. The Bertz CT molecular complexity index is 1220. The Morgan fingerprint density at radius 3 is 2.21 bits per heavy atom. The van der Waals surface area contributed by atoms with Gasteiger partial charge in [0.05, 0.1) is 5.69 Å². The Labute approximate surface area is 166 Å². The molecule has 0 unspecified atom stereocenters. The van der Waals surface area contributed by atoms with Crippen molar-refractivity contribution in [2.75, 3.05) is 16.5 Å². The lowest BCUT2D eigenvalue weighted by atomic mass is 10.1. The molecule has 0 spiro atoms. The van der Waals surface area contributed by atoms with Gasteiger partial charge in [-0.25, -0.2) is 0 Å². The molecule has 0 aliphatic heterocycles. The van der Waals surface area contributed by atoms with Gasteiger partial charge in [0.25, 0.3) is 11.5 Å². The lowest BCUT2D eigenvalue weighted by molar-refractivity contribution is 0.101. The van der Waals surface area contributed by atoms with Crippen LogP contribution in [0.2, 0.25) is 0 Å². The minimum atomic E-state index is -0.845. The molecule has 0 aliphatic rings. The van der Waals surface area contributed by atoms with E-state index in [2.05, 4.69) is 10.7 Å². The highest BCUT2D eigenvalue weighted by atomic mass is 16.2. The highest BCUT2D eigenvalue weighted by molar-refractivity contribution is 6.00. The van der Waals surface area contributed by atoms with Crippen LogP contribution in [0.25, 0.3) is 0 Å². The fourth-order valence-corrected chi connectivity index (χ4v) is 2.68. The average Bonchev–Trinajstić information content (AvgIpc) is 2.73. The number of nitrogen functional groups attached to an aromatic ring is 1. The van der Waals surface area contributed by atoms with E-state index in [1.165, 1.54) is 0 Å². The first-order chi connectivity index (χ1) is 14.0. The summed E-state index contributed by atoms with van der Waals surface area (Å²) < 4.78 is 0.718. The van der Waals surface area contributed by atoms with Gasteiger partial charge in [0.2, 0.25) is 0 Å². The van der Waals surface area contributed by atoms with Gasteiger partial charge in [0.1, 0.15) is 29.1 Å². The Kier molecular flexibility index (Phi) is 5.29. The fourth-order valence-electron chi connectivity index (χ4n) is 2.68. The van der Waals surface area contributed by atoms with Crippen molar-refractivity contribution in [1.29, 1.82) is 10.5 Å². The molecule has 0 aliphatic carbocycles. The number of nitrogens with two attached hydrogens (primary N) is 1. The molecule has 0 radical (unpaired) electrons. The molecule has 8 nitrogen and oxygen atoms in total. The van der Waals surface area contributed by atoms with Crippen LogP contribution in [-0.2, 0) is 0 Å². The molecule has 142 valence electrons. The number of para-hydroxylation sites is 1. The lowest BCUT2D eigenvalue weighted by Crippen LogP contribution is -2.37. The van der Waals surface area contributed by atoms with Gasteiger partial charge < -0.3 is 11.1 Å². The summed E-state index contributed by atoms with van der Waals surface area (Å²) in [5.41, 5.74) is 8.87. The van der Waals surface area contributed by atoms with Gasteiger partial charge in [-0.3, -0.25) is 15.0 Å². The molecular weight excluding hydrogens is 368 g/mol. The summed E-state index contributed by atoms with van der Waals surface area (Å²) in [5, 5.41) is 22.0. The molecule has 1 heterocycles. The topological polar surface area (TPSA) is 137 Å². The Hall–Kier alpha value is -4.56. The molecule has 0 saturated heterocycles. The van der Waals surface area contributed by atoms with Crippen LogP contribution in [0.1, 0.15) is 27.0 Å². The minimum Gasteiger partial charge on any atom is -0.382 e. The van der Waals surface area contributed by atoms with E-state index < -0.39 is 11.5 Å². The number of carbonyl (C=O) groups excluding carboxylic acids is 1. The minimum absolute atomic E-state index is 0.00969. The number of hydrogen-bond donors (Lipinski definition) is 3. The van der Waals surface area contributed by atoms with E-state index in [1.54, 1.807) is 60.7 Å². The second-order valence-corrected chi connectivity index (χ2v) is 6.17. The SMILES string of the molecule is Cc1ccc(C(=O)Nn2c(N)c(C#N)c(Nc3ccccc3)c(C#N)c2=O)cc1. The van der Waals surface area contributed by atoms with E-state index in [0.29, 0.717) is 11.3 Å². The summed E-state index contributed by atoms with van der Waals surface area (Å²) >= 11 is 0. The molecule has 8 heteroatoms. The lowest BCUT2D eigenvalue weighted by Gasteiger charge is -2.17. The standard InChI is InChI=1S/C21H16N6O2/c1-13-7-9-14(10-8-13)20(28)26-27-19(24)16(11-22)18(17(12-23)21(27)29)25-15-5-3-2-4-6-15/h2-10,25H,24H2,1H3,(H,26,28). The van der Waals surface area contributed by atoms with Gasteiger partial charge in [-0.1, -0.05) is 35.9 Å². The van der Waals surface area contributed by atoms with Crippen LogP contribution < -0.4 is 22.0 Å². The van der Waals surface area contributed by atoms with Crippen molar-refractivity contribution in [3.8, 4) is 12.1 Å². The number of pyridine rings is 1. The van der Waals surface area contributed by atoms with Crippen molar-refractivity contribution in [2.45, 2.75) is 6.92 Å². The quantitative estimate of drug-likeness (QED) is 0.632. The number of nitrogens with one attached hydrogen (secondary N) is 2. The van der Waals surface area contributed by atoms with Crippen molar-refractivity contribution in [3.63, 3.8) is 0 Å². The molecule has 29 heavy (non-hydrogen) atoms. The summed E-state index contributed by atoms with van der Waals surface area (Å²) in [6.45, 7) is 1.88. The highest BCUT2D eigenvalue weighted by Gasteiger charge is 2.22. The van der Waals surface area contributed by atoms with Crippen LogP contribution in [0.4, 0.5) is 17.2 Å². The number of rotatable bonds is 4. The molecule has 1 aromatic heterocycles. The van der Waals surface area contributed by atoms with Crippen LogP contribution in [0.3, 0.4) is 0 Å². The van der Waals surface area contributed by atoms with Gasteiger partial charge in [0.15, 0.2) is 0 Å². The second-order valence-electron chi connectivity index (χ2n) is 6.17. The van der Waals surface area contributed by atoms with Gasteiger partial charge in [-0.15, -0.1) is 0 Å². The maximum Gasteiger partial charge on any atom is 0.291 e. The summed E-state index contributed by atoms with van der Waals surface area (Å²) in [5.74, 6) is -0.884. The van der Waals surface area contributed by atoms with Gasteiger partial charge in [0, 0.05) is 11.3 Å².